The van der Waals surface area contributed by atoms with Crippen molar-refractivity contribution in [1.29, 1.82) is 0 Å². The Hall–Kier alpha value is -4.01. The van der Waals surface area contributed by atoms with E-state index in [-0.39, 0.29) is 17.5 Å². The Labute approximate surface area is 195 Å². The first-order chi connectivity index (χ1) is 16.6. The van der Waals surface area contributed by atoms with E-state index in [1.807, 2.05) is 35.8 Å². The van der Waals surface area contributed by atoms with E-state index in [4.69, 9.17) is 4.74 Å². The molecule has 4 aromatic rings. The van der Waals surface area contributed by atoms with Gasteiger partial charge in [-0.3, -0.25) is 14.3 Å². The number of imidazole rings is 1. The van der Waals surface area contributed by atoms with Crippen LogP contribution in [0.25, 0.3) is 11.2 Å². The van der Waals surface area contributed by atoms with Crippen molar-refractivity contribution in [3.8, 4) is 5.75 Å². The number of anilines is 1. The van der Waals surface area contributed by atoms with Gasteiger partial charge in [0, 0.05) is 43.4 Å². The molecular weight excluding hydrogens is 432 g/mol. The van der Waals surface area contributed by atoms with Crippen LogP contribution >= 0.6 is 0 Å². The number of hydrogen-bond donors (Lipinski definition) is 1. The fourth-order valence-electron chi connectivity index (χ4n) is 5.10. The van der Waals surface area contributed by atoms with Crippen molar-refractivity contribution in [2.45, 2.75) is 32.2 Å². The van der Waals surface area contributed by atoms with E-state index < -0.39 is 0 Å². The number of carbonyl (C=O) groups excluding carboxylic acids is 1. The quantitative estimate of drug-likeness (QED) is 0.471. The van der Waals surface area contributed by atoms with Gasteiger partial charge in [0.05, 0.1) is 12.1 Å². The van der Waals surface area contributed by atoms with E-state index >= 15 is 0 Å². The lowest BCUT2D eigenvalue weighted by Crippen LogP contribution is -2.37. The maximum Gasteiger partial charge on any atom is 0.327 e. The number of piperidine rings is 1. The number of ketones is 1. The van der Waals surface area contributed by atoms with Crippen molar-refractivity contribution in [2.75, 3.05) is 24.6 Å². The number of carbonyl (C=O) groups is 1. The maximum absolute atomic E-state index is 13.2. The molecule has 1 aromatic carbocycles. The molecule has 1 saturated heterocycles. The molecule has 0 atom stereocenters. The fraction of sp³-hybridized carbons (Fsp3) is 0.320. The van der Waals surface area contributed by atoms with Crippen molar-refractivity contribution in [3.63, 3.8) is 0 Å². The molecule has 0 saturated carbocycles. The number of nitrogens with one attached hydrogen (secondary N) is 1. The zero-order valence-corrected chi connectivity index (χ0v) is 18.8. The van der Waals surface area contributed by atoms with Gasteiger partial charge in [-0.1, -0.05) is 0 Å². The topological polar surface area (TPSA) is 106 Å². The number of benzene rings is 1. The molecule has 9 heteroatoms. The number of fused-ring (bicyclic) bond motifs is 2. The van der Waals surface area contributed by atoms with Crippen molar-refractivity contribution in [2.24, 2.45) is 0 Å². The second-order valence-electron chi connectivity index (χ2n) is 8.86. The summed E-state index contributed by atoms with van der Waals surface area (Å²) in [5.41, 5.74) is 4.36. The van der Waals surface area contributed by atoms with Gasteiger partial charge in [0.1, 0.15) is 23.6 Å². The molecule has 2 aliphatic heterocycles. The third-order valence-electron chi connectivity index (χ3n) is 6.76. The normalized spacial score (nSPS) is 16.0. The monoisotopic (exact) mass is 456 g/mol. The molecule has 0 radical (unpaired) electrons. The van der Waals surface area contributed by atoms with Crippen LogP contribution in [0.5, 0.6) is 5.75 Å². The largest absolute Gasteiger partial charge is 0.493 e. The van der Waals surface area contributed by atoms with Crippen LogP contribution in [0, 0.1) is 6.92 Å². The number of rotatable bonds is 4. The predicted octanol–water partition coefficient (Wildman–Crippen LogP) is 2.83. The highest BCUT2D eigenvalue weighted by Gasteiger charge is 2.26. The van der Waals surface area contributed by atoms with Crippen LogP contribution in [-0.4, -0.2) is 50.0 Å². The average Bonchev–Trinajstić information content (AvgIpc) is 3.47. The zero-order valence-electron chi connectivity index (χ0n) is 18.8. The first-order valence-electron chi connectivity index (χ1n) is 11.5. The Morgan fingerprint density at radius 2 is 2.00 bits per heavy atom. The van der Waals surface area contributed by atoms with E-state index in [1.54, 1.807) is 12.3 Å². The lowest BCUT2D eigenvalue weighted by atomic mass is 10.00. The van der Waals surface area contributed by atoms with Gasteiger partial charge in [-0.25, -0.2) is 19.7 Å². The van der Waals surface area contributed by atoms with Crippen LogP contribution in [0.2, 0.25) is 0 Å². The SMILES string of the molecule is Cc1cc(C(=O)c2cc(N3CCC(n4c(=O)[nH]c5ncccc54)CC3)ncn2)cc2c1OCC2. The minimum Gasteiger partial charge on any atom is -0.493 e. The number of pyridine rings is 1. The second kappa shape index (κ2) is 8.09. The summed E-state index contributed by atoms with van der Waals surface area (Å²) in [4.78, 5) is 43.7. The molecule has 1 fully saturated rings. The van der Waals surface area contributed by atoms with E-state index in [0.717, 1.165) is 60.6 Å². The number of H-pyrrole nitrogens is 1. The highest BCUT2D eigenvalue weighted by atomic mass is 16.5. The van der Waals surface area contributed by atoms with Gasteiger partial charge >= 0.3 is 5.69 Å². The van der Waals surface area contributed by atoms with E-state index in [2.05, 4.69) is 24.8 Å². The highest BCUT2D eigenvalue weighted by Crippen LogP contribution is 2.31. The molecule has 0 amide bonds. The predicted molar refractivity (Wildman–Crippen MR) is 127 cm³/mol. The lowest BCUT2D eigenvalue weighted by Gasteiger charge is -2.33. The van der Waals surface area contributed by atoms with E-state index in [1.165, 1.54) is 6.33 Å². The van der Waals surface area contributed by atoms with Crippen LogP contribution in [0.15, 0.2) is 47.7 Å². The van der Waals surface area contributed by atoms with Crippen LogP contribution in [0.1, 0.15) is 46.1 Å². The first-order valence-corrected chi connectivity index (χ1v) is 11.5. The average molecular weight is 457 g/mol. The molecule has 0 aliphatic carbocycles. The molecule has 9 nitrogen and oxygen atoms in total. The molecule has 0 bridgehead atoms. The fourth-order valence-corrected chi connectivity index (χ4v) is 5.10. The third-order valence-corrected chi connectivity index (χ3v) is 6.76. The van der Waals surface area contributed by atoms with Gasteiger partial charge in [0.2, 0.25) is 5.78 Å². The Kier molecular flexibility index (Phi) is 4.90. The van der Waals surface area contributed by atoms with Crippen molar-refractivity contribution in [3.05, 3.63) is 75.7 Å². The number of aromatic amines is 1. The summed E-state index contributed by atoms with van der Waals surface area (Å²) in [6.07, 6.45) is 5.53. The Balaban J connectivity index is 1.21. The first kappa shape index (κ1) is 20.6. The smallest absolute Gasteiger partial charge is 0.327 e. The van der Waals surface area contributed by atoms with E-state index in [0.29, 0.717) is 23.5 Å². The molecule has 0 spiro atoms. The molecule has 0 unspecified atom stereocenters. The summed E-state index contributed by atoms with van der Waals surface area (Å²) >= 11 is 0. The van der Waals surface area contributed by atoms with Crippen LogP contribution in [0.3, 0.4) is 0 Å². The standard InChI is InChI=1S/C25H24N6O3/c1-15-11-17(12-16-6-10-34-23(15)16)22(32)19-13-21(28-14-27-19)30-8-4-18(5-9-30)31-20-3-2-7-26-24(20)29-25(31)33/h2-3,7,11-14,18H,4-6,8-10H2,1H3,(H,26,29,33). The number of aromatic nitrogens is 5. The van der Waals surface area contributed by atoms with Crippen molar-refractivity contribution >= 4 is 22.8 Å². The van der Waals surface area contributed by atoms with Crippen molar-refractivity contribution < 1.29 is 9.53 Å². The minimum absolute atomic E-state index is 0.0845. The summed E-state index contributed by atoms with van der Waals surface area (Å²) < 4.78 is 7.48. The maximum atomic E-state index is 13.2. The summed E-state index contributed by atoms with van der Waals surface area (Å²) in [6, 6.07) is 9.40. The molecule has 34 heavy (non-hydrogen) atoms. The zero-order chi connectivity index (χ0) is 23.2. The summed E-state index contributed by atoms with van der Waals surface area (Å²) in [5, 5.41) is 0. The molecule has 5 heterocycles. The molecule has 2 aliphatic rings. The lowest BCUT2D eigenvalue weighted by molar-refractivity contribution is 0.103. The van der Waals surface area contributed by atoms with Gasteiger partial charge in [0.15, 0.2) is 5.65 Å². The van der Waals surface area contributed by atoms with Crippen molar-refractivity contribution in [1.82, 2.24) is 24.5 Å². The van der Waals surface area contributed by atoms with Gasteiger partial charge in [0.25, 0.3) is 0 Å². The summed E-state index contributed by atoms with van der Waals surface area (Å²) in [6.45, 7) is 4.07. The number of nitrogens with zero attached hydrogens (tertiary/aromatic N) is 5. The Morgan fingerprint density at radius 3 is 2.85 bits per heavy atom. The molecule has 3 aromatic heterocycles. The number of hydrogen-bond acceptors (Lipinski definition) is 7. The van der Waals surface area contributed by atoms with Crippen LogP contribution in [-0.2, 0) is 6.42 Å². The summed E-state index contributed by atoms with van der Waals surface area (Å²) in [5.74, 6) is 1.51. The number of aryl methyl sites for hydroxylation is 1. The summed E-state index contributed by atoms with van der Waals surface area (Å²) in [7, 11) is 0. The van der Waals surface area contributed by atoms with Gasteiger partial charge < -0.3 is 9.64 Å². The highest BCUT2D eigenvalue weighted by molar-refractivity contribution is 6.08. The van der Waals surface area contributed by atoms with Gasteiger partial charge in [-0.05, 0) is 55.2 Å². The number of ether oxygens (including phenoxy) is 1. The molecule has 1 N–H and O–H groups in total. The Bertz CT molecular complexity index is 1470. The molecular formula is C25H24N6O3. The Morgan fingerprint density at radius 1 is 1.15 bits per heavy atom. The second-order valence-corrected chi connectivity index (χ2v) is 8.86. The van der Waals surface area contributed by atoms with E-state index in [9.17, 15) is 9.59 Å². The minimum atomic E-state index is -0.128. The third kappa shape index (κ3) is 3.44. The molecule has 6 rings (SSSR count). The van der Waals surface area contributed by atoms with Crippen LogP contribution < -0.4 is 15.3 Å². The van der Waals surface area contributed by atoms with Gasteiger partial charge in [-0.15, -0.1) is 0 Å². The van der Waals surface area contributed by atoms with Crippen LogP contribution in [0.4, 0.5) is 5.82 Å². The molecule has 172 valence electrons. The van der Waals surface area contributed by atoms with Gasteiger partial charge in [-0.2, -0.15) is 0 Å².